The predicted molar refractivity (Wildman–Crippen MR) is 78.8 cm³/mol. The molecule has 3 rings (SSSR count). The van der Waals surface area contributed by atoms with Crippen LogP contribution in [0.3, 0.4) is 0 Å². The van der Waals surface area contributed by atoms with Gasteiger partial charge in [-0.1, -0.05) is 6.92 Å². The molecule has 1 spiro atoms. The van der Waals surface area contributed by atoms with Crippen molar-refractivity contribution in [1.82, 2.24) is 5.32 Å². The molecule has 2 N–H and O–H groups in total. The summed E-state index contributed by atoms with van der Waals surface area (Å²) in [4.78, 5) is 12.2. The fourth-order valence-corrected chi connectivity index (χ4v) is 3.92. The van der Waals surface area contributed by atoms with E-state index in [2.05, 4.69) is 11.4 Å². The van der Waals surface area contributed by atoms with Crippen molar-refractivity contribution in [2.45, 2.75) is 18.9 Å². The Bertz CT molecular complexity index is 556. The van der Waals surface area contributed by atoms with E-state index in [-0.39, 0.29) is 71.3 Å². The molecule has 3 nitrogen and oxygen atoms in total. The van der Waals surface area contributed by atoms with Crippen LogP contribution in [0.4, 0.5) is 0 Å². The van der Waals surface area contributed by atoms with E-state index in [0.717, 1.165) is 29.1 Å². The van der Waals surface area contributed by atoms with Crippen molar-refractivity contribution in [1.29, 1.82) is 0 Å². The number of nitrogens with one attached hydrogen (secondary N) is 1. The van der Waals surface area contributed by atoms with Gasteiger partial charge in [-0.15, -0.1) is 5.56 Å². The molecule has 2 heterocycles. The van der Waals surface area contributed by atoms with Gasteiger partial charge >= 0.3 is 0 Å². The maximum absolute atomic E-state index is 12.2. The van der Waals surface area contributed by atoms with Crippen LogP contribution in [-0.4, -0.2) is 28.1 Å². The molecule has 107 valence electrons. The van der Waals surface area contributed by atoms with Crippen LogP contribution >= 0.6 is 11.8 Å². The number of benzene rings is 1. The first-order valence-electron chi connectivity index (χ1n) is 5.95. The van der Waals surface area contributed by atoms with Crippen molar-refractivity contribution >= 4 is 23.2 Å². The number of aliphatic hydroxyl groups is 1. The van der Waals surface area contributed by atoms with Crippen LogP contribution in [-0.2, 0) is 57.0 Å². The molecular formula is C15H17NO2SYZn-2. The molecule has 1 fully saturated rings. The number of thioether (sulfide) groups is 1. The Labute approximate surface area is 168 Å². The molecule has 1 atom stereocenters. The van der Waals surface area contributed by atoms with E-state index in [1.807, 2.05) is 19.1 Å². The Hall–Kier alpha value is 0.307. The van der Waals surface area contributed by atoms with E-state index < -0.39 is 5.54 Å². The van der Waals surface area contributed by atoms with Gasteiger partial charge in [0.05, 0.1) is 5.57 Å². The van der Waals surface area contributed by atoms with Crippen molar-refractivity contribution in [3.63, 3.8) is 0 Å². The number of hydrogen-bond donors (Lipinski definition) is 2. The van der Waals surface area contributed by atoms with Gasteiger partial charge in [-0.2, -0.15) is 41.6 Å². The molecule has 1 saturated heterocycles. The fraction of sp³-hybridized carbons (Fsp3) is 0.333. The molecule has 1 aromatic rings. The molecule has 0 bridgehead atoms. The maximum Gasteiger partial charge on any atom is 0.254 e. The summed E-state index contributed by atoms with van der Waals surface area (Å²) in [5.41, 5.74) is 1.67. The monoisotopic (exact) mass is 428 g/mol. The van der Waals surface area contributed by atoms with Crippen molar-refractivity contribution < 1.29 is 62.1 Å². The summed E-state index contributed by atoms with van der Waals surface area (Å²) >= 11 is 1.76. The van der Waals surface area contributed by atoms with Gasteiger partial charge in [0.2, 0.25) is 0 Å². The average molecular weight is 430 g/mol. The Kier molecular flexibility index (Phi) is 8.36. The maximum atomic E-state index is 12.2. The Morgan fingerprint density at radius 3 is 2.76 bits per heavy atom. The average Bonchev–Trinajstić information content (AvgIpc) is 2.89. The summed E-state index contributed by atoms with van der Waals surface area (Å²) < 4.78 is 0. The minimum atomic E-state index is -0.525. The zero-order valence-corrected chi connectivity index (χ0v) is 19.0. The molecule has 2 aliphatic heterocycles. The van der Waals surface area contributed by atoms with Crippen LogP contribution in [0.2, 0.25) is 0 Å². The SMILES string of the molecule is Cc1c[c-]ccc1C1=C(O)C2(CCSC2)NC1=O.[CH3-].[Y].[Zn]. The molecule has 1 amide bonds. The van der Waals surface area contributed by atoms with Crippen LogP contribution in [0.1, 0.15) is 17.5 Å². The van der Waals surface area contributed by atoms with Gasteiger partial charge in [0.25, 0.3) is 5.91 Å². The smallest absolute Gasteiger partial charge is 0.254 e. The van der Waals surface area contributed by atoms with Crippen LogP contribution in [0, 0.1) is 20.4 Å². The summed E-state index contributed by atoms with van der Waals surface area (Å²) in [6.07, 6.45) is 0.802. The fourth-order valence-electron chi connectivity index (χ4n) is 2.58. The minimum Gasteiger partial charge on any atom is -0.509 e. The Morgan fingerprint density at radius 1 is 1.48 bits per heavy atom. The number of rotatable bonds is 1. The minimum absolute atomic E-state index is 0. The van der Waals surface area contributed by atoms with Gasteiger partial charge < -0.3 is 17.8 Å². The first-order valence-corrected chi connectivity index (χ1v) is 7.10. The third-order valence-corrected chi connectivity index (χ3v) is 4.82. The number of aryl methyl sites for hydroxylation is 1. The molecule has 2 aliphatic rings. The third-order valence-electron chi connectivity index (χ3n) is 3.63. The van der Waals surface area contributed by atoms with Crippen LogP contribution in [0.25, 0.3) is 5.57 Å². The third kappa shape index (κ3) is 3.63. The standard InChI is InChI=1S/C14H14NO2S.CH3.Y.Zn/c1-9-4-2-3-5-10(9)11-12(16)14(15-13(11)17)6-7-18-8-14;;;/h3-5,16H,6-8H2,1H3,(H,15,17);1H3;;/q2*-1;;. The number of carbonyl (C=O) groups excluding carboxylic acids is 1. The molecule has 21 heavy (non-hydrogen) atoms. The van der Waals surface area contributed by atoms with Gasteiger partial charge in [0.15, 0.2) is 0 Å². The van der Waals surface area contributed by atoms with Gasteiger partial charge in [-0.05, 0) is 12.2 Å². The number of carbonyl (C=O) groups is 1. The van der Waals surface area contributed by atoms with E-state index in [4.69, 9.17) is 0 Å². The van der Waals surface area contributed by atoms with E-state index in [1.54, 1.807) is 17.8 Å². The summed E-state index contributed by atoms with van der Waals surface area (Å²) in [5, 5.41) is 13.4. The predicted octanol–water partition coefficient (Wildman–Crippen LogP) is 2.52. The van der Waals surface area contributed by atoms with Gasteiger partial charge in [0, 0.05) is 57.9 Å². The van der Waals surface area contributed by atoms with E-state index >= 15 is 0 Å². The van der Waals surface area contributed by atoms with Crippen LogP contribution < -0.4 is 5.32 Å². The first kappa shape index (κ1) is 21.3. The Balaban J connectivity index is 0.00000133. The molecule has 1 aromatic carbocycles. The molecule has 1 unspecified atom stereocenters. The zero-order valence-electron chi connectivity index (χ0n) is 12.4. The number of hydrogen-bond acceptors (Lipinski definition) is 3. The van der Waals surface area contributed by atoms with E-state index in [0.29, 0.717) is 5.57 Å². The first-order chi connectivity index (χ1) is 8.64. The summed E-state index contributed by atoms with van der Waals surface area (Å²) in [6, 6.07) is 8.41. The topological polar surface area (TPSA) is 49.3 Å². The zero-order chi connectivity index (χ0) is 12.8. The largest absolute Gasteiger partial charge is 0.509 e. The van der Waals surface area contributed by atoms with Gasteiger partial charge in [0.1, 0.15) is 11.3 Å². The molecule has 0 aromatic heterocycles. The summed E-state index contributed by atoms with van der Waals surface area (Å²) in [6.45, 7) is 1.92. The summed E-state index contributed by atoms with van der Waals surface area (Å²) in [7, 11) is 0. The molecule has 1 radical (unpaired) electrons. The summed E-state index contributed by atoms with van der Waals surface area (Å²) in [5.74, 6) is 1.78. The Morgan fingerprint density at radius 2 is 2.19 bits per heavy atom. The molecule has 0 saturated carbocycles. The van der Waals surface area contributed by atoms with Crippen molar-refractivity contribution in [2.24, 2.45) is 0 Å². The molecule has 6 heteroatoms. The van der Waals surface area contributed by atoms with Gasteiger partial charge in [-0.3, -0.25) is 4.79 Å². The number of aliphatic hydroxyl groups excluding tert-OH is 1. The van der Waals surface area contributed by atoms with Gasteiger partial charge in [-0.25, -0.2) is 0 Å². The normalized spacial score (nSPS) is 23.2. The molecule has 0 aliphatic carbocycles. The second kappa shape index (κ2) is 8.24. The van der Waals surface area contributed by atoms with Crippen LogP contribution in [0.15, 0.2) is 24.0 Å². The second-order valence-electron chi connectivity index (χ2n) is 4.80. The van der Waals surface area contributed by atoms with Crippen molar-refractivity contribution in [3.05, 3.63) is 48.6 Å². The van der Waals surface area contributed by atoms with E-state index in [1.165, 1.54) is 0 Å². The van der Waals surface area contributed by atoms with Crippen molar-refractivity contribution in [3.8, 4) is 0 Å². The quantitative estimate of drug-likeness (QED) is 0.533. The number of amides is 1. The van der Waals surface area contributed by atoms with Crippen molar-refractivity contribution in [2.75, 3.05) is 11.5 Å². The molecular weight excluding hydrogens is 413 g/mol. The van der Waals surface area contributed by atoms with Crippen LogP contribution in [0.5, 0.6) is 0 Å². The van der Waals surface area contributed by atoms with E-state index in [9.17, 15) is 9.90 Å². The second-order valence-corrected chi connectivity index (χ2v) is 5.91.